The van der Waals surface area contributed by atoms with E-state index in [-0.39, 0.29) is 0 Å². The summed E-state index contributed by atoms with van der Waals surface area (Å²) in [5.41, 5.74) is 0. The molecule has 0 spiro atoms. The first-order valence-corrected chi connectivity index (χ1v) is 8.65. The minimum absolute atomic E-state index is 0.777. The zero-order chi connectivity index (χ0) is 12.8. The number of ether oxygens (including phenoxy) is 1. The number of halogens is 2. The molecule has 1 saturated carbocycles. The highest BCUT2D eigenvalue weighted by Gasteiger charge is 2.23. The Bertz CT molecular complexity index is 361. The number of rotatable bonds is 6. The van der Waals surface area contributed by atoms with Crippen LogP contribution in [0.4, 0.5) is 0 Å². The van der Waals surface area contributed by atoms with Gasteiger partial charge in [-0.3, -0.25) is 0 Å². The second kappa shape index (κ2) is 7.54. The van der Waals surface area contributed by atoms with Crippen LogP contribution in [-0.2, 0) is 0 Å². The third-order valence-electron chi connectivity index (χ3n) is 3.82. The maximum absolute atomic E-state index is 5.83. The van der Waals surface area contributed by atoms with Crippen LogP contribution in [0, 0.1) is 11.8 Å². The van der Waals surface area contributed by atoms with Gasteiger partial charge in [0.05, 0.1) is 6.61 Å². The Hall–Kier alpha value is -0.0200. The Morgan fingerprint density at radius 3 is 2.72 bits per heavy atom. The summed E-state index contributed by atoms with van der Waals surface area (Å²) in [6.07, 6.45) is 6.81. The van der Waals surface area contributed by atoms with E-state index in [1.54, 1.807) is 0 Å². The molecule has 1 aromatic rings. The van der Waals surface area contributed by atoms with Crippen LogP contribution in [0.15, 0.2) is 28.7 Å². The second-order valence-electron chi connectivity index (χ2n) is 5.05. The molecular formula is C15H20Br2O. The number of alkyl halides is 1. The van der Waals surface area contributed by atoms with Gasteiger partial charge in [0.1, 0.15) is 5.75 Å². The highest BCUT2D eigenvalue weighted by Crippen LogP contribution is 2.34. The summed E-state index contributed by atoms with van der Waals surface area (Å²) in [7, 11) is 0. The highest BCUT2D eigenvalue weighted by molar-refractivity contribution is 9.10. The standard InChI is InChI=1S/C15H20Br2O/c16-11-13(12-4-1-2-5-12)8-9-18-15-7-3-6-14(17)10-15/h3,6-7,10,12-13H,1-2,4-5,8-9,11H2. The van der Waals surface area contributed by atoms with Crippen molar-refractivity contribution in [2.75, 3.05) is 11.9 Å². The van der Waals surface area contributed by atoms with Crippen molar-refractivity contribution in [3.05, 3.63) is 28.7 Å². The molecule has 0 radical (unpaired) electrons. The van der Waals surface area contributed by atoms with Gasteiger partial charge in [-0.05, 0) is 36.5 Å². The van der Waals surface area contributed by atoms with E-state index in [1.165, 1.54) is 25.7 Å². The molecule has 18 heavy (non-hydrogen) atoms. The zero-order valence-corrected chi connectivity index (χ0v) is 13.8. The lowest BCUT2D eigenvalue weighted by molar-refractivity contribution is 0.250. The number of hydrogen-bond acceptors (Lipinski definition) is 1. The lowest BCUT2D eigenvalue weighted by atomic mass is 9.90. The first kappa shape index (κ1) is 14.4. The molecule has 0 heterocycles. The molecule has 2 rings (SSSR count). The summed E-state index contributed by atoms with van der Waals surface area (Å²) in [5.74, 6) is 2.65. The Labute approximate surface area is 127 Å². The van der Waals surface area contributed by atoms with Crippen LogP contribution in [0.3, 0.4) is 0 Å². The molecule has 1 aromatic carbocycles. The van der Waals surface area contributed by atoms with Crippen LogP contribution in [-0.4, -0.2) is 11.9 Å². The summed E-state index contributed by atoms with van der Waals surface area (Å²) >= 11 is 7.12. The van der Waals surface area contributed by atoms with Crippen molar-refractivity contribution in [3.8, 4) is 5.75 Å². The molecule has 100 valence electrons. The van der Waals surface area contributed by atoms with Gasteiger partial charge in [0.25, 0.3) is 0 Å². The van der Waals surface area contributed by atoms with E-state index < -0.39 is 0 Å². The molecule has 0 bridgehead atoms. The molecule has 1 atom stereocenters. The minimum Gasteiger partial charge on any atom is -0.494 e. The van der Waals surface area contributed by atoms with Gasteiger partial charge >= 0.3 is 0 Å². The van der Waals surface area contributed by atoms with Gasteiger partial charge in [-0.15, -0.1) is 0 Å². The second-order valence-corrected chi connectivity index (χ2v) is 6.62. The number of benzene rings is 1. The Kier molecular flexibility index (Phi) is 6.03. The molecule has 0 saturated heterocycles. The summed E-state index contributed by atoms with van der Waals surface area (Å²) in [6.45, 7) is 0.823. The first-order chi connectivity index (χ1) is 8.79. The first-order valence-electron chi connectivity index (χ1n) is 6.74. The summed E-state index contributed by atoms with van der Waals surface area (Å²) in [4.78, 5) is 0. The third-order valence-corrected chi connectivity index (χ3v) is 5.14. The molecule has 3 heteroatoms. The molecule has 1 nitrogen and oxygen atoms in total. The maximum Gasteiger partial charge on any atom is 0.120 e. The van der Waals surface area contributed by atoms with Crippen molar-refractivity contribution in [2.45, 2.75) is 32.1 Å². The fourth-order valence-corrected chi connectivity index (χ4v) is 3.98. The van der Waals surface area contributed by atoms with Gasteiger partial charge in [0.2, 0.25) is 0 Å². The van der Waals surface area contributed by atoms with Gasteiger partial charge in [0, 0.05) is 9.80 Å². The molecule has 0 N–H and O–H groups in total. The monoisotopic (exact) mass is 374 g/mol. The zero-order valence-electron chi connectivity index (χ0n) is 10.6. The topological polar surface area (TPSA) is 9.23 Å². The molecule has 1 unspecified atom stereocenters. The van der Waals surface area contributed by atoms with Crippen molar-refractivity contribution in [3.63, 3.8) is 0 Å². The smallest absolute Gasteiger partial charge is 0.120 e. The van der Waals surface area contributed by atoms with E-state index in [1.807, 2.05) is 24.3 Å². The van der Waals surface area contributed by atoms with Gasteiger partial charge in [-0.1, -0.05) is 63.6 Å². The normalized spacial score (nSPS) is 17.9. The van der Waals surface area contributed by atoms with Crippen LogP contribution >= 0.6 is 31.9 Å². The van der Waals surface area contributed by atoms with Gasteiger partial charge in [-0.2, -0.15) is 0 Å². The predicted molar refractivity (Wildman–Crippen MR) is 83.5 cm³/mol. The van der Waals surface area contributed by atoms with Crippen LogP contribution in [0.25, 0.3) is 0 Å². The predicted octanol–water partition coefficient (Wildman–Crippen LogP) is 5.42. The van der Waals surface area contributed by atoms with E-state index in [9.17, 15) is 0 Å². The molecule has 0 aliphatic heterocycles. The molecule has 0 aromatic heterocycles. The summed E-state index contributed by atoms with van der Waals surface area (Å²) < 4.78 is 6.90. The summed E-state index contributed by atoms with van der Waals surface area (Å²) in [5, 5.41) is 1.11. The van der Waals surface area contributed by atoms with Crippen LogP contribution in [0.1, 0.15) is 32.1 Å². The quantitative estimate of drug-likeness (QED) is 0.603. The maximum atomic E-state index is 5.83. The van der Waals surface area contributed by atoms with Crippen molar-refractivity contribution in [1.29, 1.82) is 0 Å². The Balaban J connectivity index is 1.76. The van der Waals surface area contributed by atoms with E-state index in [0.29, 0.717) is 0 Å². The highest BCUT2D eigenvalue weighted by atomic mass is 79.9. The molecule has 1 aliphatic rings. The average Bonchev–Trinajstić information content (AvgIpc) is 2.88. The van der Waals surface area contributed by atoms with Gasteiger partial charge in [0.15, 0.2) is 0 Å². The Morgan fingerprint density at radius 2 is 2.06 bits per heavy atom. The summed E-state index contributed by atoms with van der Waals surface area (Å²) in [6, 6.07) is 8.08. The van der Waals surface area contributed by atoms with E-state index >= 15 is 0 Å². The number of hydrogen-bond donors (Lipinski definition) is 0. The largest absolute Gasteiger partial charge is 0.494 e. The average molecular weight is 376 g/mol. The van der Waals surface area contributed by atoms with Crippen molar-refractivity contribution in [2.24, 2.45) is 11.8 Å². The van der Waals surface area contributed by atoms with Crippen LogP contribution in [0.2, 0.25) is 0 Å². The van der Waals surface area contributed by atoms with E-state index in [0.717, 1.165) is 40.4 Å². The fraction of sp³-hybridized carbons (Fsp3) is 0.600. The van der Waals surface area contributed by atoms with E-state index in [2.05, 4.69) is 31.9 Å². The lowest BCUT2D eigenvalue weighted by Gasteiger charge is -2.21. The van der Waals surface area contributed by atoms with Crippen molar-refractivity contribution < 1.29 is 4.74 Å². The molecule has 1 aliphatic carbocycles. The van der Waals surface area contributed by atoms with Gasteiger partial charge in [-0.25, -0.2) is 0 Å². The lowest BCUT2D eigenvalue weighted by Crippen LogP contribution is -2.16. The molecular weight excluding hydrogens is 356 g/mol. The van der Waals surface area contributed by atoms with Gasteiger partial charge < -0.3 is 4.74 Å². The minimum atomic E-state index is 0.777. The van der Waals surface area contributed by atoms with Crippen LogP contribution in [0.5, 0.6) is 5.75 Å². The molecule has 1 fully saturated rings. The fourth-order valence-electron chi connectivity index (χ4n) is 2.75. The van der Waals surface area contributed by atoms with Crippen molar-refractivity contribution >= 4 is 31.9 Å². The Morgan fingerprint density at radius 1 is 1.28 bits per heavy atom. The SMILES string of the molecule is BrCC(CCOc1cccc(Br)c1)C1CCCC1. The molecule has 0 amide bonds. The third kappa shape index (κ3) is 4.27. The van der Waals surface area contributed by atoms with E-state index in [4.69, 9.17) is 4.74 Å². The van der Waals surface area contributed by atoms with Crippen molar-refractivity contribution in [1.82, 2.24) is 0 Å². The van der Waals surface area contributed by atoms with Crippen LogP contribution < -0.4 is 4.74 Å².